The van der Waals surface area contributed by atoms with Gasteiger partial charge in [-0.2, -0.15) is 0 Å². The maximum Gasteiger partial charge on any atom is 0.306 e. The molecular weight excluding hydrogens is 254 g/mol. The highest BCUT2D eigenvalue weighted by molar-refractivity contribution is 5.80. The Morgan fingerprint density at radius 3 is 1.95 bits per heavy atom. The normalized spacial score (nSPS) is 48.7. The molecule has 4 unspecified atom stereocenters. The molecule has 0 heterocycles. The Morgan fingerprint density at radius 2 is 1.40 bits per heavy atom. The second-order valence-corrected chi connectivity index (χ2v) is 7.41. The molecule has 2 N–H and O–H groups in total. The van der Waals surface area contributed by atoms with E-state index in [2.05, 4.69) is 5.32 Å². The van der Waals surface area contributed by atoms with Crippen molar-refractivity contribution in [3.63, 3.8) is 0 Å². The van der Waals surface area contributed by atoms with Gasteiger partial charge in [0.05, 0.1) is 5.92 Å². The first-order valence-electron chi connectivity index (χ1n) is 8.18. The highest BCUT2D eigenvalue weighted by Crippen LogP contribution is 2.65. The van der Waals surface area contributed by atoms with Crippen LogP contribution in [0.3, 0.4) is 0 Å². The Balaban J connectivity index is 1.29. The van der Waals surface area contributed by atoms with Crippen LogP contribution in [0.4, 0.5) is 0 Å². The molecule has 0 aromatic carbocycles. The van der Waals surface area contributed by atoms with E-state index in [9.17, 15) is 9.59 Å². The number of carbonyl (C=O) groups is 2. The number of carboxylic acid groups (broad SMARTS) is 1. The third-order valence-corrected chi connectivity index (χ3v) is 6.49. The van der Waals surface area contributed by atoms with Crippen LogP contribution in [0, 0.1) is 35.5 Å². The Bertz CT molecular complexity index is 425. The molecule has 2 bridgehead atoms. The number of rotatable bonds is 3. The van der Waals surface area contributed by atoms with Crippen molar-refractivity contribution >= 4 is 11.9 Å². The Labute approximate surface area is 119 Å². The van der Waals surface area contributed by atoms with E-state index in [1.807, 2.05) is 0 Å². The van der Waals surface area contributed by atoms with Crippen LogP contribution in [0.1, 0.15) is 44.9 Å². The van der Waals surface area contributed by atoms with Gasteiger partial charge in [-0.05, 0) is 68.6 Å². The monoisotopic (exact) mass is 277 g/mol. The molecule has 0 saturated heterocycles. The standard InChI is InChI=1S/C16H23NO3/c18-15(8-1-3-9(4-2-8)16(19)20)17-14-12-10-5-6-11(7-10)13(12)14/h8-14H,1-7H2,(H,17,18)(H,19,20). The largest absolute Gasteiger partial charge is 0.481 e. The summed E-state index contributed by atoms with van der Waals surface area (Å²) in [7, 11) is 0. The van der Waals surface area contributed by atoms with Crippen LogP contribution in [0.25, 0.3) is 0 Å². The van der Waals surface area contributed by atoms with E-state index >= 15 is 0 Å². The number of carboxylic acids is 1. The summed E-state index contributed by atoms with van der Waals surface area (Å²) in [5.74, 6) is 2.68. The lowest BCUT2D eigenvalue weighted by Gasteiger charge is -2.25. The lowest BCUT2D eigenvalue weighted by molar-refractivity contribution is -0.144. The summed E-state index contributed by atoms with van der Waals surface area (Å²) < 4.78 is 0. The van der Waals surface area contributed by atoms with Gasteiger partial charge in [0.25, 0.3) is 0 Å². The second kappa shape index (κ2) is 4.47. The lowest BCUT2D eigenvalue weighted by Crippen LogP contribution is -2.37. The van der Waals surface area contributed by atoms with E-state index in [0.29, 0.717) is 18.9 Å². The van der Waals surface area contributed by atoms with Crippen molar-refractivity contribution in [2.45, 2.75) is 51.0 Å². The van der Waals surface area contributed by atoms with Crippen LogP contribution in [-0.2, 0) is 9.59 Å². The van der Waals surface area contributed by atoms with Crippen molar-refractivity contribution in [2.24, 2.45) is 35.5 Å². The van der Waals surface area contributed by atoms with E-state index < -0.39 is 5.97 Å². The van der Waals surface area contributed by atoms with Crippen molar-refractivity contribution in [3.8, 4) is 0 Å². The summed E-state index contributed by atoms with van der Waals surface area (Å²) in [6, 6.07) is 0.464. The number of nitrogens with one attached hydrogen (secondary N) is 1. The predicted molar refractivity (Wildman–Crippen MR) is 72.8 cm³/mol. The van der Waals surface area contributed by atoms with Gasteiger partial charge in [-0.25, -0.2) is 0 Å². The van der Waals surface area contributed by atoms with Gasteiger partial charge in [0.1, 0.15) is 0 Å². The first-order valence-corrected chi connectivity index (χ1v) is 8.18. The van der Waals surface area contributed by atoms with Crippen LogP contribution < -0.4 is 5.32 Å². The van der Waals surface area contributed by atoms with Crippen LogP contribution in [-0.4, -0.2) is 23.0 Å². The number of amides is 1. The fourth-order valence-electron chi connectivity index (χ4n) is 5.40. The molecular formula is C16H23NO3. The summed E-state index contributed by atoms with van der Waals surface area (Å²) in [5, 5.41) is 12.3. The van der Waals surface area contributed by atoms with Crippen LogP contribution in [0.5, 0.6) is 0 Å². The second-order valence-electron chi connectivity index (χ2n) is 7.41. The topological polar surface area (TPSA) is 66.4 Å². The molecule has 4 rings (SSSR count). The molecule has 4 fully saturated rings. The van der Waals surface area contributed by atoms with Gasteiger partial charge in [0.15, 0.2) is 0 Å². The summed E-state index contributed by atoms with van der Waals surface area (Å²) in [6.07, 6.45) is 6.98. The highest BCUT2D eigenvalue weighted by Gasteiger charge is 2.65. The predicted octanol–water partition coefficient (Wildman–Crippen LogP) is 2.04. The van der Waals surface area contributed by atoms with Crippen molar-refractivity contribution < 1.29 is 14.7 Å². The van der Waals surface area contributed by atoms with E-state index in [-0.39, 0.29) is 17.7 Å². The summed E-state index contributed by atoms with van der Waals surface area (Å²) >= 11 is 0. The zero-order valence-electron chi connectivity index (χ0n) is 11.8. The summed E-state index contributed by atoms with van der Waals surface area (Å²) in [5.41, 5.74) is 0. The van der Waals surface area contributed by atoms with Gasteiger partial charge < -0.3 is 10.4 Å². The molecule has 0 aliphatic heterocycles. The molecule has 4 aliphatic rings. The van der Waals surface area contributed by atoms with Crippen molar-refractivity contribution in [1.29, 1.82) is 0 Å². The maximum atomic E-state index is 12.3. The van der Waals surface area contributed by atoms with Crippen molar-refractivity contribution in [1.82, 2.24) is 5.32 Å². The zero-order valence-corrected chi connectivity index (χ0v) is 11.8. The first kappa shape index (κ1) is 12.7. The Kier molecular flexibility index (Phi) is 2.83. The van der Waals surface area contributed by atoms with E-state index in [1.54, 1.807) is 0 Å². The minimum absolute atomic E-state index is 0.0598. The van der Waals surface area contributed by atoms with Gasteiger partial charge in [-0.15, -0.1) is 0 Å². The minimum atomic E-state index is -0.697. The number of hydrogen-bond acceptors (Lipinski definition) is 2. The molecule has 0 aromatic heterocycles. The van der Waals surface area contributed by atoms with E-state index in [4.69, 9.17) is 5.11 Å². The van der Waals surface area contributed by atoms with Crippen LogP contribution in [0.15, 0.2) is 0 Å². The van der Waals surface area contributed by atoms with Gasteiger partial charge in [-0.3, -0.25) is 9.59 Å². The molecule has 0 aromatic rings. The fourth-order valence-corrected chi connectivity index (χ4v) is 5.40. The van der Waals surface area contributed by atoms with Crippen molar-refractivity contribution in [3.05, 3.63) is 0 Å². The molecule has 4 heteroatoms. The van der Waals surface area contributed by atoms with Gasteiger partial charge >= 0.3 is 5.97 Å². The third kappa shape index (κ3) is 1.87. The molecule has 110 valence electrons. The molecule has 20 heavy (non-hydrogen) atoms. The minimum Gasteiger partial charge on any atom is -0.481 e. The lowest BCUT2D eigenvalue weighted by atomic mass is 9.81. The molecule has 0 radical (unpaired) electrons. The SMILES string of the molecule is O=C(O)C1CCC(C(=O)NC2C3C4CCC(C4)C23)CC1. The average molecular weight is 277 g/mol. The molecule has 4 saturated carbocycles. The van der Waals surface area contributed by atoms with E-state index in [1.165, 1.54) is 19.3 Å². The molecule has 1 amide bonds. The molecule has 0 spiro atoms. The Hall–Kier alpha value is -1.06. The number of aliphatic carboxylic acids is 1. The summed E-state index contributed by atoms with van der Waals surface area (Å²) in [4.78, 5) is 23.3. The number of carbonyl (C=O) groups excluding carboxylic acids is 1. The summed E-state index contributed by atoms with van der Waals surface area (Å²) in [6.45, 7) is 0. The smallest absolute Gasteiger partial charge is 0.306 e. The Morgan fingerprint density at radius 1 is 0.850 bits per heavy atom. The quantitative estimate of drug-likeness (QED) is 0.829. The number of fused-ring (bicyclic) bond motifs is 5. The van der Waals surface area contributed by atoms with Gasteiger partial charge in [0, 0.05) is 12.0 Å². The fraction of sp³-hybridized carbons (Fsp3) is 0.875. The van der Waals surface area contributed by atoms with Gasteiger partial charge in [0.2, 0.25) is 5.91 Å². The van der Waals surface area contributed by atoms with Crippen LogP contribution in [0.2, 0.25) is 0 Å². The molecule has 4 nitrogen and oxygen atoms in total. The molecule has 4 aliphatic carbocycles. The van der Waals surface area contributed by atoms with Gasteiger partial charge in [-0.1, -0.05) is 0 Å². The maximum absolute atomic E-state index is 12.3. The van der Waals surface area contributed by atoms with E-state index in [0.717, 1.165) is 36.5 Å². The van der Waals surface area contributed by atoms with Crippen molar-refractivity contribution in [2.75, 3.05) is 0 Å². The zero-order chi connectivity index (χ0) is 13.9. The highest BCUT2D eigenvalue weighted by atomic mass is 16.4. The third-order valence-electron chi connectivity index (χ3n) is 6.49. The average Bonchev–Trinajstić information content (AvgIpc) is 2.84. The first-order chi connectivity index (χ1) is 9.65. The number of hydrogen-bond donors (Lipinski definition) is 2. The molecule has 4 atom stereocenters. The van der Waals surface area contributed by atoms with Crippen LogP contribution >= 0.6 is 0 Å².